The average Bonchev–Trinajstić information content (AvgIpc) is 2.84. The smallest absolute Gasteiger partial charge is 0.262 e. The number of carbonyl (C=O) groups excluding carboxylic acids is 3. The minimum atomic E-state index is -0.492. The topological polar surface area (TPSA) is 81.7 Å². The van der Waals surface area contributed by atoms with Crippen LogP contribution in [-0.2, 0) is 19.1 Å². The van der Waals surface area contributed by atoms with Gasteiger partial charge < -0.3 is 14.8 Å². The third kappa shape index (κ3) is 4.86. The zero-order valence-electron chi connectivity index (χ0n) is 18.9. The van der Waals surface area contributed by atoms with Crippen molar-refractivity contribution in [2.75, 3.05) is 11.9 Å². The number of anilines is 1. The van der Waals surface area contributed by atoms with Gasteiger partial charge in [0.1, 0.15) is 17.3 Å². The minimum absolute atomic E-state index is 0.0106. The number of Topliss-reactive ketones (excluding diaryl/α,β-unsaturated/α-hetero) is 2. The van der Waals surface area contributed by atoms with Crippen LogP contribution in [0.5, 0.6) is 5.75 Å². The fourth-order valence-corrected chi connectivity index (χ4v) is 5.21. The van der Waals surface area contributed by atoms with E-state index in [-0.39, 0.29) is 24.1 Å². The van der Waals surface area contributed by atoms with E-state index in [9.17, 15) is 14.4 Å². The molecule has 2 aromatic rings. The molecule has 0 spiro atoms. The van der Waals surface area contributed by atoms with E-state index in [1.807, 2.05) is 0 Å². The quantitative estimate of drug-likeness (QED) is 0.521. The fourth-order valence-electron chi connectivity index (χ4n) is 4.84. The van der Waals surface area contributed by atoms with Gasteiger partial charge in [-0.25, -0.2) is 0 Å². The Morgan fingerprint density at radius 1 is 0.914 bits per heavy atom. The molecule has 0 saturated heterocycles. The molecule has 3 aliphatic rings. The van der Waals surface area contributed by atoms with Crippen LogP contribution in [-0.4, -0.2) is 24.1 Å². The summed E-state index contributed by atoms with van der Waals surface area (Å²) in [6, 6.07) is 11.9. The highest BCUT2D eigenvalue weighted by Crippen LogP contribution is 2.48. The SMILES string of the molecule is O=C(COc1ccc(C2C3=C(CCCC3=O)OC3=C2C(=O)CCC3)cc1Cl)Nc1ccc(Cl)cc1. The number of amides is 1. The molecule has 0 unspecified atom stereocenters. The van der Waals surface area contributed by atoms with Crippen LogP contribution in [0, 0.1) is 0 Å². The summed E-state index contributed by atoms with van der Waals surface area (Å²) in [4.78, 5) is 38.1. The van der Waals surface area contributed by atoms with E-state index in [1.165, 1.54) is 0 Å². The van der Waals surface area contributed by atoms with Gasteiger partial charge in [0.05, 0.1) is 5.02 Å². The van der Waals surface area contributed by atoms with Crippen molar-refractivity contribution >= 4 is 46.4 Å². The lowest BCUT2D eigenvalue weighted by Gasteiger charge is -2.36. The first kappa shape index (κ1) is 23.6. The van der Waals surface area contributed by atoms with E-state index in [0.29, 0.717) is 69.8 Å². The molecule has 0 aromatic heterocycles. The summed E-state index contributed by atoms with van der Waals surface area (Å²) in [6.07, 6.45) is 3.72. The van der Waals surface area contributed by atoms with Crippen LogP contribution in [0.4, 0.5) is 5.69 Å². The van der Waals surface area contributed by atoms with Gasteiger partial charge in [0.15, 0.2) is 18.2 Å². The van der Waals surface area contributed by atoms with Crippen molar-refractivity contribution in [2.45, 2.75) is 44.4 Å². The molecule has 0 saturated carbocycles. The number of halogens is 2. The second-order valence-electron chi connectivity index (χ2n) is 8.80. The number of benzene rings is 2. The Bertz CT molecular complexity index is 1240. The van der Waals surface area contributed by atoms with E-state index >= 15 is 0 Å². The first-order valence-corrected chi connectivity index (χ1v) is 12.3. The molecule has 1 amide bonds. The predicted molar refractivity (Wildman–Crippen MR) is 133 cm³/mol. The van der Waals surface area contributed by atoms with Crippen molar-refractivity contribution < 1.29 is 23.9 Å². The van der Waals surface area contributed by atoms with E-state index < -0.39 is 5.92 Å². The van der Waals surface area contributed by atoms with Crippen LogP contribution in [0.25, 0.3) is 0 Å². The van der Waals surface area contributed by atoms with Crippen molar-refractivity contribution in [3.63, 3.8) is 0 Å². The maximum Gasteiger partial charge on any atom is 0.262 e. The Morgan fingerprint density at radius 2 is 1.54 bits per heavy atom. The van der Waals surface area contributed by atoms with Crippen molar-refractivity contribution in [3.8, 4) is 5.75 Å². The molecule has 0 fully saturated rings. The molecule has 2 aromatic carbocycles. The fraction of sp³-hybridized carbons (Fsp3) is 0.296. The van der Waals surface area contributed by atoms with Gasteiger partial charge in [0, 0.05) is 53.5 Å². The van der Waals surface area contributed by atoms with Gasteiger partial charge in [0.2, 0.25) is 0 Å². The monoisotopic (exact) mass is 511 g/mol. The molecule has 0 bridgehead atoms. The zero-order valence-corrected chi connectivity index (χ0v) is 20.4. The molecule has 180 valence electrons. The molecule has 1 N–H and O–H groups in total. The normalized spacial score (nSPS) is 18.1. The first-order chi connectivity index (χ1) is 16.9. The molecule has 5 rings (SSSR count). The molecule has 1 aliphatic heterocycles. The second-order valence-corrected chi connectivity index (χ2v) is 9.64. The summed E-state index contributed by atoms with van der Waals surface area (Å²) in [7, 11) is 0. The van der Waals surface area contributed by atoms with Crippen molar-refractivity contribution in [1.29, 1.82) is 0 Å². The molecule has 6 nitrogen and oxygen atoms in total. The third-order valence-electron chi connectivity index (χ3n) is 6.42. The van der Waals surface area contributed by atoms with Gasteiger partial charge in [-0.15, -0.1) is 0 Å². The Kier molecular flexibility index (Phi) is 6.67. The van der Waals surface area contributed by atoms with Crippen molar-refractivity contribution in [3.05, 3.63) is 80.7 Å². The molecule has 0 atom stereocenters. The van der Waals surface area contributed by atoms with E-state index in [2.05, 4.69) is 5.32 Å². The first-order valence-electron chi connectivity index (χ1n) is 11.6. The predicted octanol–water partition coefficient (Wildman–Crippen LogP) is 6.14. The molecule has 1 heterocycles. The zero-order chi connectivity index (χ0) is 24.5. The number of ketones is 2. The number of hydrogen-bond acceptors (Lipinski definition) is 5. The van der Waals surface area contributed by atoms with Crippen molar-refractivity contribution in [2.24, 2.45) is 0 Å². The molecule has 8 heteroatoms. The summed E-state index contributed by atoms with van der Waals surface area (Å²) in [5.74, 6) is 0.872. The highest BCUT2D eigenvalue weighted by molar-refractivity contribution is 6.32. The van der Waals surface area contributed by atoms with Gasteiger partial charge in [-0.2, -0.15) is 0 Å². The molecular formula is C27H23Cl2NO5. The summed E-state index contributed by atoms with van der Waals surface area (Å²) in [5, 5.41) is 3.60. The largest absolute Gasteiger partial charge is 0.482 e. The molecule has 0 radical (unpaired) electrons. The lowest BCUT2D eigenvalue weighted by Crippen LogP contribution is -2.30. The van der Waals surface area contributed by atoms with E-state index in [0.717, 1.165) is 18.4 Å². The molecular weight excluding hydrogens is 489 g/mol. The Hall–Kier alpha value is -3.09. The van der Waals surface area contributed by atoms with Crippen LogP contribution in [0.1, 0.15) is 50.0 Å². The Balaban J connectivity index is 1.37. The van der Waals surface area contributed by atoms with Gasteiger partial charge in [0.25, 0.3) is 5.91 Å². The third-order valence-corrected chi connectivity index (χ3v) is 6.96. The van der Waals surface area contributed by atoms with Crippen LogP contribution in [0.3, 0.4) is 0 Å². The van der Waals surface area contributed by atoms with Crippen LogP contribution >= 0.6 is 23.2 Å². The number of nitrogens with one attached hydrogen (secondary N) is 1. The number of carbonyl (C=O) groups is 3. The second kappa shape index (κ2) is 9.88. The van der Waals surface area contributed by atoms with Gasteiger partial charge in [-0.05, 0) is 54.8 Å². The number of rotatable bonds is 5. The van der Waals surface area contributed by atoms with Crippen LogP contribution in [0.15, 0.2) is 65.1 Å². The van der Waals surface area contributed by atoms with Crippen molar-refractivity contribution in [1.82, 2.24) is 0 Å². The average molecular weight is 512 g/mol. The lowest BCUT2D eigenvalue weighted by molar-refractivity contribution is -0.119. The summed E-state index contributed by atoms with van der Waals surface area (Å²) < 4.78 is 11.7. The van der Waals surface area contributed by atoms with Crippen LogP contribution in [0.2, 0.25) is 10.0 Å². The van der Waals surface area contributed by atoms with Gasteiger partial charge in [-0.1, -0.05) is 29.3 Å². The Morgan fingerprint density at radius 3 is 2.14 bits per heavy atom. The maximum atomic E-state index is 12.9. The lowest BCUT2D eigenvalue weighted by atomic mass is 9.73. The van der Waals surface area contributed by atoms with Crippen LogP contribution < -0.4 is 10.1 Å². The maximum absolute atomic E-state index is 12.9. The summed E-state index contributed by atoms with van der Waals surface area (Å²) >= 11 is 12.4. The number of allylic oxidation sites excluding steroid dienone is 4. The van der Waals surface area contributed by atoms with E-state index in [1.54, 1.807) is 42.5 Å². The van der Waals surface area contributed by atoms with Gasteiger partial charge in [-0.3, -0.25) is 14.4 Å². The van der Waals surface area contributed by atoms with Gasteiger partial charge >= 0.3 is 0 Å². The number of ether oxygens (including phenoxy) is 2. The standard InChI is InChI=1S/C27H23Cl2NO5/c28-16-8-10-17(11-9-16)30-24(33)14-34-21-12-7-15(13-18(21)29)25-26-19(31)3-1-5-22(26)35-23-6-2-4-20(32)27(23)25/h7-13,25H,1-6,14H2,(H,30,33). The molecule has 35 heavy (non-hydrogen) atoms. The minimum Gasteiger partial charge on any atom is -0.482 e. The Labute approximate surface area is 212 Å². The van der Waals surface area contributed by atoms with E-state index in [4.69, 9.17) is 32.7 Å². The highest BCUT2D eigenvalue weighted by atomic mass is 35.5. The summed E-state index contributed by atoms with van der Waals surface area (Å²) in [6.45, 7) is -0.236. The summed E-state index contributed by atoms with van der Waals surface area (Å²) in [5.41, 5.74) is 2.47. The highest BCUT2D eigenvalue weighted by Gasteiger charge is 2.41. The number of hydrogen-bond donors (Lipinski definition) is 1. The molecule has 2 aliphatic carbocycles.